The monoisotopic (exact) mass is 371 g/mol. The summed E-state index contributed by atoms with van der Waals surface area (Å²) in [6, 6.07) is 10.7. The Labute approximate surface area is 153 Å². The summed E-state index contributed by atoms with van der Waals surface area (Å²) < 4.78 is 44.4. The fraction of sp³-hybridized carbons (Fsp3) is 0.300. The van der Waals surface area contributed by atoms with Crippen LogP contribution in [0.5, 0.6) is 5.75 Å². The van der Waals surface area contributed by atoms with Crippen LogP contribution in [0.1, 0.15) is 18.4 Å². The number of nitrogens with zero attached hydrogens (tertiary/aromatic N) is 3. The van der Waals surface area contributed by atoms with Crippen LogP contribution in [-0.2, 0) is 6.54 Å². The Hall–Kier alpha value is -3.01. The number of benzene rings is 1. The van der Waals surface area contributed by atoms with Gasteiger partial charge in [-0.3, -0.25) is 4.98 Å². The van der Waals surface area contributed by atoms with E-state index in [2.05, 4.69) is 11.1 Å². The molecule has 1 aliphatic carbocycles. The Kier molecular flexibility index (Phi) is 4.27. The average Bonchev–Trinajstić information content (AvgIpc) is 3.42. The molecule has 0 amide bonds. The first-order chi connectivity index (χ1) is 13.0. The van der Waals surface area contributed by atoms with E-state index >= 15 is 0 Å². The van der Waals surface area contributed by atoms with Gasteiger partial charge in [-0.2, -0.15) is 18.4 Å². The molecule has 0 bridgehead atoms. The van der Waals surface area contributed by atoms with Crippen molar-refractivity contribution >= 4 is 10.9 Å². The van der Waals surface area contributed by atoms with Gasteiger partial charge in [0.05, 0.1) is 16.8 Å². The van der Waals surface area contributed by atoms with Crippen molar-refractivity contribution in [3.8, 4) is 23.1 Å². The number of halogens is 3. The van der Waals surface area contributed by atoms with Crippen LogP contribution in [0, 0.1) is 17.2 Å². The van der Waals surface area contributed by atoms with Gasteiger partial charge in [-0.25, -0.2) is 0 Å². The van der Waals surface area contributed by atoms with Gasteiger partial charge >= 0.3 is 6.18 Å². The van der Waals surface area contributed by atoms with Crippen LogP contribution >= 0.6 is 0 Å². The number of hydrogen-bond donors (Lipinski definition) is 0. The molecule has 1 aliphatic rings. The van der Waals surface area contributed by atoms with E-state index in [-0.39, 0.29) is 5.75 Å². The predicted molar refractivity (Wildman–Crippen MR) is 94.2 cm³/mol. The summed E-state index contributed by atoms with van der Waals surface area (Å²) in [5.74, 6) is 0.652. The van der Waals surface area contributed by atoms with Gasteiger partial charge in [-0.05, 0) is 43.0 Å². The number of fused-ring (bicyclic) bond motifs is 1. The minimum absolute atomic E-state index is 0.136. The predicted octanol–water partition coefficient (Wildman–Crippen LogP) is 4.93. The van der Waals surface area contributed by atoms with Gasteiger partial charge in [0.25, 0.3) is 0 Å². The molecule has 1 fully saturated rings. The zero-order valence-electron chi connectivity index (χ0n) is 14.3. The molecule has 0 saturated heterocycles. The summed E-state index contributed by atoms with van der Waals surface area (Å²) in [6.45, 7) is -0.631. The Bertz CT molecular complexity index is 1010. The summed E-state index contributed by atoms with van der Waals surface area (Å²) >= 11 is 0. The van der Waals surface area contributed by atoms with Gasteiger partial charge in [0.15, 0.2) is 6.61 Å². The summed E-state index contributed by atoms with van der Waals surface area (Å²) in [5.41, 5.74) is 2.77. The topological polar surface area (TPSA) is 50.8 Å². The minimum Gasteiger partial charge on any atom is -0.484 e. The Balaban J connectivity index is 1.86. The normalized spacial score (nSPS) is 14.3. The molecular formula is C20H16F3N3O. The molecule has 3 aromatic rings. The minimum atomic E-state index is -4.40. The molecule has 1 saturated carbocycles. The molecule has 0 atom stereocenters. The van der Waals surface area contributed by atoms with Crippen LogP contribution in [0.4, 0.5) is 13.2 Å². The summed E-state index contributed by atoms with van der Waals surface area (Å²) in [7, 11) is 0. The van der Waals surface area contributed by atoms with E-state index in [1.165, 1.54) is 6.07 Å². The summed E-state index contributed by atoms with van der Waals surface area (Å²) in [4.78, 5) is 4.14. The number of pyridine rings is 1. The van der Waals surface area contributed by atoms with E-state index in [4.69, 9.17) is 4.74 Å². The molecule has 4 rings (SSSR count). The zero-order valence-corrected chi connectivity index (χ0v) is 14.3. The summed E-state index contributed by atoms with van der Waals surface area (Å²) in [5, 5.41) is 10.5. The van der Waals surface area contributed by atoms with E-state index in [0.29, 0.717) is 28.9 Å². The molecule has 0 aliphatic heterocycles. The first-order valence-electron chi connectivity index (χ1n) is 8.62. The molecule has 2 aromatic heterocycles. The van der Waals surface area contributed by atoms with Gasteiger partial charge in [0.2, 0.25) is 0 Å². The van der Waals surface area contributed by atoms with Crippen molar-refractivity contribution in [1.82, 2.24) is 9.55 Å². The first-order valence-corrected chi connectivity index (χ1v) is 8.62. The highest BCUT2D eigenvalue weighted by molar-refractivity contribution is 5.95. The molecule has 0 radical (unpaired) electrons. The van der Waals surface area contributed by atoms with E-state index in [0.717, 1.165) is 24.1 Å². The lowest BCUT2D eigenvalue weighted by Gasteiger charge is -2.12. The molecule has 4 nitrogen and oxygen atoms in total. The van der Waals surface area contributed by atoms with Gasteiger partial charge in [0.1, 0.15) is 11.8 Å². The van der Waals surface area contributed by atoms with Gasteiger partial charge in [0, 0.05) is 36.0 Å². The van der Waals surface area contributed by atoms with Gasteiger partial charge in [-0.1, -0.05) is 0 Å². The van der Waals surface area contributed by atoms with Crippen molar-refractivity contribution in [3.05, 3.63) is 48.3 Å². The smallest absolute Gasteiger partial charge is 0.422 e. The van der Waals surface area contributed by atoms with Crippen LogP contribution in [0.25, 0.3) is 22.2 Å². The lowest BCUT2D eigenvalue weighted by Crippen LogP contribution is -2.19. The van der Waals surface area contributed by atoms with Crippen molar-refractivity contribution in [2.75, 3.05) is 6.61 Å². The fourth-order valence-corrected chi connectivity index (χ4v) is 3.25. The Morgan fingerprint density at radius 2 is 2.07 bits per heavy atom. The highest BCUT2D eigenvalue weighted by Gasteiger charge is 2.29. The molecule has 27 heavy (non-hydrogen) atoms. The quantitative estimate of drug-likeness (QED) is 0.639. The number of ether oxygens (including phenoxy) is 1. The van der Waals surface area contributed by atoms with Crippen LogP contribution in [0.15, 0.2) is 42.7 Å². The number of aromatic nitrogens is 2. The van der Waals surface area contributed by atoms with Crippen molar-refractivity contribution < 1.29 is 17.9 Å². The van der Waals surface area contributed by atoms with E-state index in [1.54, 1.807) is 30.6 Å². The number of alkyl halides is 3. The first kappa shape index (κ1) is 17.4. The zero-order chi connectivity index (χ0) is 19.0. The van der Waals surface area contributed by atoms with Crippen LogP contribution < -0.4 is 4.74 Å². The molecule has 2 heterocycles. The SMILES string of the molecule is N#Cc1c(-c2cccnc2)n(CC2CC2)c2cc(OCC(F)(F)F)ccc12. The lowest BCUT2D eigenvalue weighted by atomic mass is 10.1. The number of rotatable bonds is 5. The largest absolute Gasteiger partial charge is 0.484 e. The fourth-order valence-electron chi connectivity index (χ4n) is 3.25. The molecule has 0 unspecified atom stereocenters. The molecule has 1 aromatic carbocycles. The van der Waals surface area contributed by atoms with Crippen molar-refractivity contribution in [3.63, 3.8) is 0 Å². The number of nitriles is 1. The maximum absolute atomic E-state index is 12.5. The van der Waals surface area contributed by atoms with Crippen LogP contribution in [0.3, 0.4) is 0 Å². The summed E-state index contributed by atoms with van der Waals surface area (Å²) in [6.07, 6.45) is 1.17. The third-order valence-corrected chi connectivity index (χ3v) is 4.62. The van der Waals surface area contributed by atoms with Crippen molar-refractivity contribution in [2.45, 2.75) is 25.6 Å². The molecule has 138 valence electrons. The lowest BCUT2D eigenvalue weighted by molar-refractivity contribution is -0.153. The van der Waals surface area contributed by atoms with Gasteiger partial charge < -0.3 is 9.30 Å². The van der Waals surface area contributed by atoms with Crippen molar-refractivity contribution in [2.24, 2.45) is 5.92 Å². The van der Waals surface area contributed by atoms with E-state index in [1.807, 2.05) is 10.6 Å². The maximum atomic E-state index is 12.5. The highest BCUT2D eigenvalue weighted by Crippen LogP contribution is 2.39. The molecule has 0 N–H and O–H groups in total. The number of hydrogen-bond acceptors (Lipinski definition) is 3. The van der Waals surface area contributed by atoms with Crippen LogP contribution in [0.2, 0.25) is 0 Å². The highest BCUT2D eigenvalue weighted by atomic mass is 19.4. The Morgan fingerprint density at radius 1 is 1.26 bits per heavy atom. The average molecular weight is 371 g/mol. The second-order valence-electron chi connectivity index (χ2n) is 6.71. The Morgan fingerprint density at radius 3 is 2.70 bits per heavy atom. The van der Waals surface area contributed by atoms with E-state index < -0.39 is 12.8 Å². The third kappa shape index (κ3) is 3.61. The van der Waals surface area contributed by atoms with Crippen molar-refractivity contribution in [1.29, 1.82) is 5.26 Å². The standard InChI is InChI=1S/C20H16F3N3O/c21-20(22,23)12-27-15-5-6-16-17(9-24)19(14-2-1-7-25-10-14)26(18(16)8-15)11-13-3-4-13/h1-2,5-8,10,13H,3-4,11-12H2. The second kappa shape index (κ2) is 6.62. The molecular weight excluding hydrogens is 355 g/mol. The molecule has 0 spiro atoms. The molecule has 7 heteroatoms. The van der Waals surface area contributed by atoms with E-state index in [9.17, 15) is 18.4 Å². The van der Waals surface area contributed by atoms with Gasteiger partial charge in [-0.15, -0.1) is 0 Å². The third-order valence-electron chi connectivity index (χ3n) is 4.62. The maximum Gasteiger partial charge on any atom is 0.422 e. The second-order valence-corrected chi connectivity index (χ2v) is 6.71. The van der Waals surface area contributed by atoms with Crippen LogP contribution in [-0.4, -0.2) is 22.3 Å².